The van der Waals surface area contributed by atoms with E-state index in [4.69, 9.17) is 17.0 Å². The van der Waals surface area contributed by atoms with E-state index in [1.165, 1.54) is 0 Å². The van der Waals surface area contributed by atoms with E-state index >= 15 is 0 Å². The van der Waals surface area contributed by atoms with Crippen LogP contribution in [0.15, 0.2) is 58.2 Å². The van der Waals surface area contributed by atoms with E-state index in [0.717, 1.165) is 10.0 Å². The maximum atomic E-state index is 13.0. The highest BCUT2D eigenvalue weighted by atomic mass is 79.9. The molecule has 1 atom stereocenters. The first-order valence-corrected chi connectivity index (χ1v) is 9.90. The third-order valence-electron chi connectivity index (χ3n) is 4.23. The van der Waals surface area contributed by atoms with Gasteiger partial charge in [-0.3, -0.25) is 4.79 Å². The molecule has 28 heavy (non-hydrogen) atoms. The number of thiocarbonyl (C=S) groups is 1. The van der Waals surface area contributed by atoms with E-state index in [1.807, 2.05) is 31.2 Å². The number of aromatic hydroxyl groups is 1. The van der Waals surface area contributed by atoms with Crippen LogP contribution in [0.3, 0.4) is 0 Å². The SMILES string of the molecule is CCOc1cc([C@@H]2NC(=S)NC(C)=C2C(=O)Nc2ccc(Br)cc2)ccc1O. The van der Waals surface area contributed by atoms with Crippen LogP contribution in [0.1, 0.15) is 25.5 Å². The van der Waals surface area contributed by atoms with Crippen molar-refractivity contribution in [1.29, 1.82) is 0 Å². The summed E-state index contributed by atoms with van der Waals surface area (Å²) in [6, 6.07) is 11.9. The largest absolute Gasteiger partial charge is 0.504 e. The highest BCUT2D eigenvalue weighted by Gasteiger charge is 2.30. The van der Waals surface area contributed by atoms with E-state index in [2.05, 4.69) is 31.9 Å². The molecule has 0 spiro atoms. The number of benzene rings is 2. The molecule has 0 saturated carbocycles. The smallest absolute Gasteiger partial charge is 0.255 e. The Balaban J connectivity index is 1.95. The average molecular weight is 462 g/mol. The van der Waals surface area contributed by atoms with Crippen molar-refractivity contribution in [3.63, 3.8) is 0 Å². The van der Waals surface area contributed by atoms with Gasteiger partial charge >= 0.3 is 0 Å². The fourth-order valence-corrected chi connectivity index (χ4v) is 3.49. The molecule has 1 aliphatic rings. The van der Waals surface area contributed by atoms with Crippen LogP contribution in [0.25, 0.3) is 0 Å². The number of halogens is 1. The molecule has 0 radical (unpaired) electrons. The molecule has 0 aliphatic carbocycles. The third kappa shape index (κ3) is 4.45. The Morgan fingerprint density at radius 3 is 2.68 bits per heavy atom. The molecule has 0 fully saturated rings. The minimum absolute atomic E-state index is 0.0451. The molecule has 1 aliphatic heterocycles. The molecule has 0 unspecified atom stereocenters. The summed E-state index contributed by atoms with van der Waals surface area (Å²) >= 11 is 8.66. The number of hydrogen-bond donors (Lipinski definition) is 4. The summed E-state index contributed by atoms with van der Waals surface area (Å²) in [4.78, 5) is 13.0. The minimum Gasteiger partial charge on any atom is -0.504 e. The molecule has 4 N–H and O–H groups in total. The van der Waals surface area contributed by atoms with E-state index in [9.17, 15) is 9.90 Å². The third-order valence-corrected chi connectivity index (χ3v) is 4.98. The Labute approximate surface area is 177 Å². The number of amides is 1. The number of anilines is 1. The lowest BCUT2D eigenvalue weighted by Crippen LogP contribution is -2.45. The van der Waals surface area contributed by atoms with E-state index < -0.39 is 6.04 Å². The normalized spacial score (nSPS) is 16.2. The lowest BCUT2D eigenvalue weighted by atomic mass is 9.94. The zero-order valence-corrected chi connectivity index (χ0v) is 17.8. The Morgan fingerprint density at radius 1 is 1.29 bits per heavy atom. The second-order valence-electron chi connectivity index (χ2n) is 6.19. The van der Waals surface area contributed by atoms with Crippen molar-refractivity contribution in [2.45, 2.75) is 19.9 Å². The maximum absolute atomic E-state index is 13.0. The summed E-state index contributed by atoms with van der Waals surface area (Å²) in [5.41, 5.74) is 2.60. The molecular formula is C20H20BrN3O3S. The zero-order valence-electron chi connectivity index (χ0n) is 15.4. The monoisotopic (exact) mass is 461 g/mol. The number of ether oxygens (including phenoxy) is 1. The number of allylic oxidation sites excluding steroid dienone is 1. The van der Waals surface area contributed by atoms with Gasteiger partial charge in [0, 0.05) is 15.9 Å². The van der Waals surface area contributed by atoms with Crippen molar-refractivity contribution in [2.24, 2.45) is 0 Å². The number of carbonyl (C=O) groups is 1. The average Bonchev–Trinajstić information content (AvgIpc) is 2.65. The van der Waals surface area contributed by atoms with Crippen LogP contribution >= 0.6 is 28.1 Å². The molecule has 146 valence electrons. The second-order valence-corrected chi connectivity index (χ2v) is 7.52. The van der Waals surface area contributed by atoms with Crippen molar-refractivity contribution >= 4 is 44.9 Å². The molecule has 0 aromatic heterocycles. The van der Waals surface area contributed by atoms with Crippen molar-refractivity contribution in [3.05, 3.63) is 63.8 Å². The van der Waals surface area contributed by atoms with Crippen molar-refractivity contribution in [1.82, 2.24) is 10.6 Å². The Bertz CT molecular complexity index is 944. The molecule has 0 bridgehead atoms. The summed E-state index contributed by atoms with van der Waals surface area (Å²) in [6.07, 6.45) is 0. The van der Waals surface area contributed by atoms with Crippen LogP contribution in [-0.2, 0) is 4.79 Å². The van der Waals surface area contributed by atoms with Gasteiger partial charge in [-0.1, -0.05) is 22.0 Å². The first-order valence-electron chi connectivity index (χ1n) is 8.70. The molecule has 1 amide bonds. The Kier molecular flexibility index (Phi) is 6.21. The number of nitrogens with one attached hydrogen (secondary N) is 3. The van der Waals surface area contributed by atoms with Gasteiger partial charge in [0.2, 0.25) is 0 Å². The predicted molar refractivity (Wildman–Crippen MR) is 116 cm³/mol. The van der Waals surface area contributed by atoms with Gasteiger partial charge in [-0.05, 0) is 68.0 Å². The van der Waals surface area contributed by atoms with Gasteiger partial charge < -0.3 is 25.8 Å². The lowest BCUT2D eigenvalue weighted by molar-refractivity contribution is -0.113. The lowest BCUT2D eigenvalue weighted by Gasteiger charge is -2.30. The van der Waals surface area contributed by atoms with E-state index in [-0.39, 0.29) is 11.7 Å². The number of rotatable bonds is 5. The standard InChI is InChI=1S/C20H20BrN3O3S/c1-3-27-16-10-12(4-9-15(16)25)18-17(11(2)22-20(28)24-18)19(26)23-14-7-5-13(21)6-8-14/h4-10,18,25H,3H2,1-2H3,(H,23,26)(H2,22,24,28)/t18-/m0/s1. The summed E-state index contributed by atoms with van der Waals surface area (Å²) in [7, 11) is 0. The van der Waals surface area contributed by atoms with Gasteiger partial charge in [0.1, 0.15) is 0 Å². The summed E-state index contributed by atoms with van der Waals surface area (Å²) in [6.45, 7) is 4.06. The zero-order chi connectivity index (χ0) is 20.3. The summed E-state index contributed by atoms with van der Waals surface area (Å²) in [5.74, 6) is 0.151. The topological polar surface area (TPSA) is 82.6 Å². The fraction of sp³-hybridized carbons (Fsp3) is 0.200. The van der Waals surface area contributed by atoms with E-state index in [0.29, 0.717) is 34.4 Å². The van der Waals surface area contributed by atoms with Crippen LogP contribution in [0.5, 0.6) is 11.5 Å². The Hall–Kier alpha value is -2.58. The molecule has 1 heterocycles. The van der Waals surface area contributed by atoms with Gasteiger partial charge in [-0.2, -0.15) is 0 Å². The molecular weight excluding hydrogens is 442 g/mol. The van der Waals surface area contributed by atoms with Crippen LogP contribution in [0.4, 0.5) is 5.69 Å². The maximum Gasteiger partial charge on any atom is 0.255 e. The van der Waals surface area contributed by atoms with Gasteiger partial charge in [0.15, 0.2) is 16.6 Å². The van der Waals surface area contributed by atoms with Gasteiger partial charge in [-0.15, -0.1) is 0 Å². The molecule has 6 nitrogen and oxygen atoms in total. The van der Waals surface area contributed by atoms with Gasteiger partial charge in [0.25, 0.3) is 5.91 Å². The van der Waals surface area contributed by atoms with Crippen LogP contribution in [0, 0.1) is 0 Å². The number of phenolic OH excluding ortho intramolecular Hbond substituents is 1. The summed E-state index contributed by atoms with van der Waals surface area (Å²) < 4.78 is 6.41. The number of hydrogen-bond acceptors (Lipinski definition) is 4. The predicted octanol–water partition coefficient (Wildman–Crippen LogP) is 3.98. The highest BCUT2D eigenvalue weighted by Crippen LogP contribution is 2.34. The quantitative estimate of drug-likeness (QED) is 0.504. The molecule has 3 rings (SSSR count). The highest BCUT2D eigenvalue weighted by molar-refractivity contribution is 9.10. The molecule has 2 aromatic rings. The Morgan fingerprint density at radius 2 is 2.00 bits per heavy atom. The van der Waals surface area contributed by atoms with Crippen LogP contribution in [0.2, 0.25) is 0 Å². The minimum atomic E-state index is -0.482. The first-order chi connectivity index (χ1) is 13.4. The molecule has 0 saturated heterocycles. The van der Waals surface area contributed by atoms with Crippen LogP contribution < -0.4 is 20.7 Å². The van der Waals surface area contributed by atoms with Gasteiger partial charge in [0.05, 0.1) is 18.2 Å². The first kappa shape index (κ1) is 20.2. The van der Waals surface area contributed by atoms with Gasteiger partial charge in [-0.25, -0.2) is 0 Å². The number of carbonyl (C=O) groups excluding carboxylic acids is 1. The van der Waals surface area contributed by atoms with E-state index in [1.54, 1.807) is 25.1 Å². The fourth-order valence-electron chi connectivity index (χ4n) is 2.96. The van der Waals surface area contributed by atoms with Crippen molar-refractivity contribution in [3.8, 4) is 11.5 Å². The molecule has 2 aromatic carbocycles. The van der Waals surface area contributed by atoms with Crippen LogP contribution in [-0.4, -0.2) is 22.7 Å². The van der Waals surface area contributed by atoms with Crippen molar-refractivity contribution < 1.29 is 14.6 Å². The van der Waals surface area contributed by atoms with Crippen molar-refractivity contribution in [2.75, 3.05) is 11.9 Å². The summed E-state index contributed by atoms with van der Waals surface area (Å²) in [5, 5.41) is 19.5. The number of phenols is 1. The second kappa shape index (κ2) is 8.62. The molecule has 8 heteroatoms.